The summed E-state index contributed by atoms with van der Waals surface area (Å²) in [6.45, 7) is 5.14. The highest BCUT2D eigenvalue weighted by molar-refractivity contribution is 5.54. The normalized spacial score (nSPS) is 12.9. The minimum absolute atomic E-state index is 0.0604. The molecule has 0 aliphatic rings. The second kappa shape index (κ2) is 9.47. The smallest absolute Gasteiger partial charge is 0.128 e. The van der Waals surface area contributed by atoms with Crippen molar-refractivity contribution in [2.45, 2.75) is 52.9 Å². The molecule has 0 saturated carbocycles. The topological polar surface area (TPSA) is 90.2 Å². The van der Waals surface area contributed by atoms with Crippen molar-refractivity contribution in [2.75, 3.05) is 7.11 Å². The lowest BCUT2D eigenvalue weighted by molar-refractivity contribution is 0.222. The van der Waals surface area contributed by atoms with E-state index in [4.69, 9.17) is 4.74 Å². The molecule has 0 heterocycles. The Balaban J connectivity index is 3.06. The molecule has 1 rings (SSSR count). The predicted octanol–water partition coefficient (Wildman–Crippen LogP) is 2.59. The standard InChI is InChI=1S/C19H28O5/c1-12(2)7-15(22)8-13(3)5-6-16-18(24-4)9-14(10-20)17(11-21)19(16)23/h5,7,9,15,20-23H,6,8,10-11H2,1-4H3/b13-5+/t15-/m0/s1. The zero-order valence-electron chi connectivity index (χ0n) is 14.8. The number of allylic oxidation sites excluding steroid dienone is 2. The van der Waals surface area contributed by atoms with Crippen molar-refractivity contribution in [3.8, 4) is 11.5 Å². The van der Waals surface area contributed by atoms with E-state index in [9.17, 15) is 20.4 Å². The maximum atomic E-state index is 10.4. The van der Waals surface area contributed by atoms with Gasteiger partial charge >= 0.3 is 0 Å². The number of rotatable bonds is 8. The van der Waals surface area contributed by atoms with Gasteiger partial charge < -0.3 is 25.2 Å². The number of ether oxygens (including phenoxy) is 1. The third-order valence-corrected chi connectivity index (χ3v) is 3.82. The Morgan fingerprint density at radius 1 is 1.17 bits per heavy atom. The molecule has 0 unspecified atom stereocenters. The minimum Gasteiger partial charge on any atom is -0.507 e. The number of hydrogen-bond donors (Lipinski definition) is 4. The number of methoxy groups -OCH3 is 1. The van der Waals surface area contributed by atoms with Crippen molar-refractivity contribution in [1.29, 1.82) is 0 Å². The van der Waals surface area contributed by atoms with E-state index in [0.29, 0.717) is 35.3 Å². The maximum absolute atomic E-state index is 10.4. The monoisotopic (exact) mass is 336 g/mol. The molecule has 4 N–H and O–H groups in total. The van der Waals surface area contributed by atoms with Gasteiger partial charge in [-0.1, -0.05) is 23.3 Å². The number of aliphatic hydroxyl groups excluding tert-OH is 3. The molecule has 0 fully saturated rings. The van der Waals surface area contributed by atoms with Gasteiger partial charge in [0.05, 0.1) is 26.4 Å². The molecule has 1 aromatic rings. The van der Waals surface area contributed by atoms with Crippen LogP contribution < -0.4 is 4.74 Å². The Kier molecular flexibility index (Phi) is 7.98. The van der Waals surface area contributed by atoms with E-state index in [1.54, 1.807) is 12.1 Å². The van der Waals surface area contributed by atoms with Crippen molar-refractivity contribution in [3.05, 3.63) is 46.1 Å². The van der Waals surface area contributed by atoms with Crippen LogP contribution in [0.25, 0.3) is 0 Å². The molecular formula is C19H28O5. The van der Waals surface area contributed by atoms with Crippen LogP contribution in [0.4, 0.5) is 0 Å². The molecule has 24 heavy (non-hydrogen) atoms. The summed E-state index contributed by atoms with van der Waals surface area (Å²) in [6, 6.07) is 1.63. The number of hydrogen-bond acceptors (Lipinski definition) is 5. The van der Waals surface area contributed by atoms with Gasteiger partial charge in [-0.05, 0) is 45.2 Å². The van der Waals surface area contributed by atoms with Crippen LogP contribution in [0.5, 0.6) is 11.5 Å². The van der Waals surface area contributed by atoms with Gasteiger partial charge in [-0.25, -0.2) is 0 Å². The van der Waals surface area contributed by atoms with Crippen LogP contribution in [-0.2, 0) is 19.6 Å². The molecule has 0 aliphatic carbocycles. The molecule has 0 amide bonds. The Morgan fingerprint density at radius 2 is 1.83 bits per heavy atom. The Morgan fingerprint density at radius 3 is 2.33 bits per heavy atom. The molecule has 5 nitrogen and oxygen atoms in total. The van der Waals surface area contributed by atoms with Gasteiger partial charge in [0.1, 0.15) is 11.5 Å². The molecule has 0 bridgehead atoms. The number of benzene rings is 1. The first kappa shape index (κ1) is 20.2. The minimum atomic E-state index is -0.536. The molecule has 0 aliphatic heterocycles. The first-order valence-electron chi connectivity index (χ1n) is 7.95. The predicted molar refractivity (Wildman–Crippen MR) is 94.0 cm³/mol. The molecular weight excluding hydrogens is 308 g/mol. The molecule has 0 saturated heterocycles. The van der Waals surface area contributed by atoms with Crippen molar-refractivity contribution in [3.63, 3.8) is 0 Å². The molecule has 0 radical (unpaired) electrons. The lowest BCUT2D eigenvalue weighted by atomic mass is 9.98. The first-order valence-corrected chi connectivity index (χ1v) is 7.95. The largest absolute Gasteiger partial charge is 0.507 e. The fourth-order valence-electron chi connectivity index (χ4n) is 2.61. The molecule has 1 atom stereocenters. The summed E-state index contributed by atoms with van der Waals surface area (Å²) in [4.78, 5) is 0. The van der Waals surface area contributed by atoms with E-state index in [0.717, 1.165) is 11.1 Å². The average molecular weight is 336 g/mol. The van der Waals surface area contributed by atoms with Crippen molar-refractivity contribution >= 4 is 0 Å². The van der Waals surface area contributed by atoms with Crippen molar-refractivity contribution in [1.82, 2.24) is 0 Å². The first-order chi connectivity index (χ1) is 11.3. The molecule has 0 spiro atoms. The molecule has 5 heteroatoms. The van der Waals surface area contributed by atoms with Gasteiger partial charge in [-0.15, -0.1) is 0 Å². The number of phenols is 1. The highest BCUT2D eigenvalue weighted by Crippen LogP contribution is 2.35. The summed E-state index contributed by atoms with van der Waals surface area (Å²) in [6.07, 6.45) is 4.09. The summed E-state index contributed by atoms with van der Waals surface area (Å²) in [5, 5.41) is 39.1. The molecule has 1 aromatic carbocycles. The van der Waals surface area contributed by atoms with Crippen LogP contribution in [0.3, 0.4) is 0 Å². The van der Waals surface area contributed by atoms with Crippen molar-refractivity contribution in [2.24, 2.45) is 0 Å². The molecule has 134 valence electrons. The summed E-state index contributed by atoms with van der Waals surface area (Å²) >= 11 is 0. The third-order valence-electron chi connectivity index (χ3n) is 3.82. The average Bonchev–Trinajstić information content (AvgIpc) is 2.51. The Labute approximate surface area is 143 Å². The van der Waals surface area contributed by atoms with E-state index in [1.807, 2.05) is 26.8 Å². The van der Waals surface area contributed by atoms with Crippen molar-refractivity contribution < 1.29 is 25.2 Å². The maximum Gasteiger partial charge on any atom is 0.128 e. The van der Waals surface area contributed by atoms with E-state index < -0.39 is 6.10 Å². The second-order valence-electron chi connectivity index (χ2n) is 6.13. The quantitative estimate of drug-likeness (QED) is 0.548. The third kappa shape index (κ3) is 5.37. The van der Waals surface area contributed by atoms with E-state index in [2.05, 4.69) is 0 Å². The fourth-order valence-corrected chi connectivity index (χ4v) is 2.61. The van der Waals surface area contributed by atoms with Crippen LogP contribution in [0.2, 0.25) is 0 Å². The lowest BCUT2D eigenvalue weighted by Crippen LogP contribution is -2.04. The van der Waals surface area contributed by atoms with E-state index in [1.165, 1.54) is 7.11 Å². The Hall–Kier alpha value is -1.82. The molecule has 0 aromatic heterocycles. The highest BCUT2D eigenvalue weighted by Gasteiger charge is 2.17. The lowest BCUT2D eigenvalue weighted by Gasteiger charge is -2.16. The van der Waals surface area contributed by atoms with Gasteiger partial charge in [-0.2, -0.15) is 0 Å². The van der Waals surface area contributed by atoms with Crippen LogP contribution in [-0.4, -0.2) is 33.6 Å². The Bertz CT molecular complexity index is 613. The highest BCUT2D eigenvalue weighted by atomic mass is 16.5. The van der Waals surface area contributed by atoms with Crippen LogP contribution in [0.15, 0.2) is 29.4 Å². The van der Waals surface area contributed by atoms with E-state index in [-0.39, 0.29) is 19.0 Å². The van der Waals surface area contributed by atoms with E-state index >= 15 is 0 Å². The van der Waals surface area contributed by atoms with Gasteiger partial charge in [0.25, 0.3) is 0 Å². The number of aromatic hydroxyl groups is 1. The summed E-state index contributed by atoms with van der Waals surface area (Å²) < 4.78 is 5.29. The van der Waals surface area contributed by atoms with Gasteiger partial charge in [0.15, 0.2) is 0 Å². The van der Waals surface area contributed by atoms with Crippen LogP contribution >= 0.6 is 0 Å². The second-order valence-corrected chi connectivity index (χ2v) is 6.13. The van der Waals surface area contributed by atoms with Gasteiger partial charge in [0.2, 0.25) is 0 Å². The zero-order valence-corrected chi connectivity index (χ0v) is 14.8. The zero-order chi connectivity index (χ0) is 18.3. The van der Waals surface area contributed by atoms with Crippen LogP contribution in [0, 0.1) is 0 Å². The SMILES string of the molecule is COc1cc(CO)c(CO)c(O)c1C/C=C(\C)C[C@@H](O)C=C(C)C. The van der Waals surface area contributed by atoms with Gasteiger partial charge in [0, 0.05) is 11.1 Å². The summed E-state index contributed by atoms with van der Waals surface area (Å²) in [7, 11) is 1.49. The van der Waals surface area contributed by atoms with Crippen LogP contribution in [0.1, 0.15) is 43.9 Å². The number of aliphatic hydroxyl groups is 3. The summed E-state index contributed by atoms with van der Waals surface area (Å²) in [5.74, 6) is 0.400. The fraction of sp³-hybridized carbons (Fsp3) is 0.474. The van der Waals surface area contributed by atoms with Gasteiger partial charge in [-0.3, -0.25) is 0 Å². The summed E-state index contributed by atoms with van der Waals surface area (Å²) in [5.41, 5.74) is 3.34.